The smallest absolute Gasteiger partial charge is 0.254 e. The molecule has 1 saturated heterocycles. The Kier molecular flexibility index (Phi) is 5.61. The van der Waals surface area contributed by atoms with Gasteiger partial charge in [0, 0.05) is 32.8 Å². The van der Waals surface area contributed by atoms with E-state index in [4.69, 9.17) is 23.2 Å². The predicted molar refractivity (Wildman–Crippen MR) is 101 cm³/mol. The van der Waals surface area contributed by atoms with E-state index >= 15 is 0 Å². The molecule has 25 heavy (non-hydrogen) atoms. The predicted octanol–water partition coefficient (Wildman–Crippen LogP) is 4.39. The summed E-state index contributed by atoms with van der Waals surface area (Å²) in [5, 5.41) is 3.52. The van der Waals surface area contributed by atoms with Crippen LogP contribution < -0.4 is 5.32 Å². The molecule has 1 aliphatic rings. The van der Waals surface area contributed by atoms with Crippen LogP contribution in [0.5, 0.6) is 0 Å². The number of anilines is 1. The summed E-state index contributed by atoms with van der Waals surface area (Å²) in [6, 6.07) is 7.61. The fourth-order valence-electron chi connectivity index (χ4n) is 2.78. The first-order valence-electron chi connectivity index (χ1n) is 7.63. The van der Waals surface area contributed by atoms with E-state index in [1.54, 1.807) is 41.4 Å². The maximum Gasteiger partial charge on any atom is 0.254 e. The van der Waals surface area contributed by atoms with Crippen molar-refractivity contribution in [1.82, 2.24) is 9.88 Å². The van der Waals surface area contributed by atoms with Gasteiger partial charge >= 0.3 is 0 Å². The molecular weight excluding hydrogens is 429 g/mol. The van der Waals surface area contributed by atoms with Crippen molar-refractivity contribution in [2.45, 2.75) is 18.9 Å². The van der Waals surface area contributed by atoms with Gasteiger partial charge in [-0.05, 0) is 59.1 Å². The van der Waals surface area contributed by atoms with Gasteiger partial charge in [0.2, 0.25) is 5.91 Å². The molecule has 8 heteroatoms. The number of nitrogens with zero attached hydrogens (tertiary/aromatic N) is 2. The van der Waals surface area contributed by atoms with Gasteiger partial charge < -0.3 is 10.2 Å². The van der Waals surface area contributed by atoms with Crippen LogP contribution in [0.25, 0.3) is 0 Å². The monoisotopic (exact) mass is 441 g/mol. The molecule has 5 nitrogen and oxygen atoms in total. The van der Waals surface area contributed by atoms with E-state index < -0.39 is 6.04 Å². The van der Waals surface area contributed by atoms with E-state index in [0.717, 1.165) is 10.9 Å². The Morgan fingerprint density at radius 1 is 1.20 bits per heavy atom. The molecule has 1 N–H and O–H groups in total. The number of pyridine rings is 1. The topological polar surface area (TPSA) is 62.3 Å². The molecule has 130 valence electrons. The van der Waals surface area contributed by atoms with Gasteiger partial charge in [-0.25, -0.2) is 4.98 Å². The number of carbonyl (C=O) groups is 2. The zero-order chi connectivity index (χ0) is 18.0. The number of benzene rings is 1. The first-order valence-corrected chi connectivity index (χ1v) is 9.18. The van der Waals surface area contributed by atoms with Gasteiger partial charge in [-0.1, -0.05) is 23.2 Å². The summed E-state index contributed by atoms with van der Waals surface area (Å²) in [6.07, 6.45) is 2.95. The molecule has 1 unspecified atom stereocenters. The number of nitrogens with one attached hydrogen (secondary N) is 1. The number of carbonyl (C=O) groups excluding carboxylic acids is 2. The van der Waals surface area contributed by atoms with Gasteiger partial charge in [0.15, 0.2) is 0 Å². The van der Waals surface area contributed by atoms with Crippen molar-refractivity contribution < 1.29 is 9.59 Å². The van der Waals surface area contributed by atoms with Crippen LogP contribution in [0.4, 0.5) is 5.82 Å². The average Bonchev–Trinajstić information content (AvgIpc) is 3.05. The quantitative estimate of drug-likeness (QED) is 0.766. The second-order valence-electron chi connectivity index (χ2n) is 5.67. The molecule has 1 aromatic heterocycles. The molecule has 1 fully saturated rings. The van der Waals surface area contributed by atoms with Crippen LogP contribution in [0.3, 0.4) is 0 Å². The summed E-state index contributed by atoms with van der Waals surface area (Å²) in [5.74, 6) is -0.0714. The summed E-state index contributed by atoms with van der Waals surface area (Å²) >= 11 is 15.2. The summed E-state index contributed by atoms with van der Waals surface area (Å²) in [5.41, 5.74) is 0.374. The highest BCUT2D eigenvalue weighted by molar-refractivity contribution is 9.10. The molecule has 1 atom stereocenters. The van der Waals surface area contributed by atoms with E-state index in [-0.39, 0.29) is 11.8 Å². The molecule has 0 radical (unpaired) electrons. The molecular formula is C17H14BrCl2N3O2. The lowest BCUT2D eigenvalue weighted by Crippen LogP contribution is -2.43. The van der Waals surface area contributed by atoms with Crippen molar-refractivity contribution in [2.24, 2.45) is 0 Å². The van der Waals surface area contributed by atoms with Crippen molar-refractivity contribution in [3.05, 3.63) is 56.6 Å². The molecule has 0 spiro atoms. The third-order valence-corrected chi connectivity index (χ3v) is 4.81. The van der Waals surface area contributed by atoms with Crippen molar-refractivity contribution >= 4 is 56.8 Å². The Labute approximate surface area is 163 Å². The SMILES string of the molecule is O=C(Nc1ccc(Br)cn1)C1CCCN1C(=O)c1cc(Cl)cc(Cl)c1. The van der Waals surface area contributed by atoms with E-state index in [9.17, 15) is 9.59 Å². The Balaban J connectivity index is 1.76. The molecule has 0 aliphatic carbocycles. The van der Waals surface area contributed by atoms with E-state index in [1.807, 2.05) is 0 Å². The van der Waals surface area contributed by atoms with Gasteiger partial charge in [-0.3, -0.25) is 9.59 Å². The minimum Gasteiger partial charge on any atom is -0.327 e. The lowest BCUT2D eigenvalue weighted by atomic mass is 10.1. The highest BCUT2D eigenvalue weighted by Crippen LogP contribution is 2.25. The van der Waals surface area contributed by atoms with E-state index in [2.05, 4.69) is 26.2 Å². The highest BCUT2D eigenvalue weighted by atomic mass is 79.9. The summed E-state index contributed by atoms with van der Waals surface area (Å²) in [6.45, 7) is 0.509. The zero-order valence-corrected chi connectivity index (χ0v) is 16.1. The first-order chi connectivity index (χ1) is 11.9. The summed E-state index contributed by atoms with van der Waals surface area (Å²) in [4.78, 5) is 31.0. The second-order valence-corrected chi connectivity index (χ2v) is 7.45. The fraction of sp³-hybridized carbons (Fsp3) is 0.235. The highest BCUT2D eigenvalue weighted by Gasteiger charge is 2.34. The number of halogens is 3. The molecule has 3 rings (SSSR count). The molecule has 0 bridgehead atoms. The molecule has 2 amide bonds. The molecule has 2 aromatic rings. The second kappa shape index (κ2) is 7.72. The first kappa shape index (κ1) is 18.2. The van der Waals surface area contributed by atoms with Crippen LogP contribution in [0.1, 0.15) is 23.2 Å². The summed E-state index contributed by atoms with van der Waals surface area (Å²) in [7, 11) is 0. The lowest BCUT2D eigenvalue weighted by molar-refractivity contribution is -0.119. The maximum absolute atomic E-state index is 12.8. The Hall–Kier alpha value is -1.63. The van der Waals surface area contributed by atoms with Gasteiger partial charge in [-0.2, -0.15) is 0 Å². The lowest BCUT2D eigenvalue weighted by Gasteiger charge is -2.24. The van der Waals surface area contributed by atoms with Crippen LogP contribution in [-0.2, 0) is 4.79 Å². The molecule has 2 heterocycles. The van der Waals surface area contributed by atoms with Crippen LogP contribution in [-0.4, -0.2) is 34.3 Å². The summed E-state index contributed by atoms with van der Waals surface area (Å²) < 4.78 is 0.820. The number of rotatable bonds is 3. The number of aromatic nitrogens is 1. The maximum atomic E-state index is 12.8. The largest absolute Gasteiger partial charge is 0.327 e. The van der Waals surface area contributed by atoms with Gasteiger partial charge in [0.05, 0.1) is 0 Å². The minimum atomic E-state index is -0.546. The third-order valence-electron chi connectivity index (χ3n) is 3.90. The van der Waals surface area contributed by atoms with Gasteiger partial charge in [0.25, 0.3) is 5.91 Å². The van der Waals surface area contributed by atoms with Crippen molar-refractivity contribution in [1.29, 1.82) is 0 Å². The van der Waals surface area contributed by atoms with E-state index in [1.165, 1.54) is 0 Å². The average molecular weight is 443 g/mol. The number of hydrogen-bond acceptors (Lipinski definition) is 3. The number of amides is 2. The van der Waals surface area contributed by atoms with Gasteiger partial charge in [-0.15, -0.1) is 0 Å². The molecule has 1 aliphatic heterocycles. The standard InChI is InChI=1S/C17H14BrCl2N3O2/c18-11-3-4-15(21-9-11)22-16(24)14-2-1-5-23(14)17(25)10-6-12(19)8-13(20)7-10/h3-4,6-9,14H,1-2,5H2,(H,21,22,24). The zero-order valence-electron chi connectivity index (χ0n) is 13.0. The Bertz CT molecular complexity index is 794. The number of likely N-dealkylation sites (tertiary alicyclic amines) is 1. The molecule has 0 saturated carbocycles. The van der Waals surface area contributed by atoms with Crippen LogP contribution in [0.15, 0.2) is 41.0 Å². The third kappa shape index (κ3) is 4.32. The fourth-order valence-corrected chi connectivity index (χ4v) is 3.55. The normalized spacial score (nSPS) is 16.8. The minimum absolute atomic E-state index is 0.256. The molecule has 1 aromatic carbocycles. The van der Waals surface area contributed by atoms with Crippen molar-refractivity contribution in [3.8, 4) is 0 Å². The van der Waals surface area contributed by atoms with Crippen molar-refractivity contribution in [2.75, 3.05) is 11.9 Å². The Morgan fingerprint density at radius 3 is 2.56 bits per heavy atom. The number of hydrogen-bond donors (Lipinski definition) is 1. The van der Waals surface area contributed by atoms with Crippen molar-refractivity contribution in [3.63, 3.8) is 0 Å². The van der Waals surface area contributed by atoms with Crippen LogP contribution in [0.2, 0.25) is 10.0 Å². The van der Waals surface area contributed by atoms with Crippen LogP contribution in [0, 0.1) is 0 Å². The Morgan fingerprint density at radius 2 is 1.92 bits per heavy atom. The van der Waals surface area contributed by atoms with E-state index in [0.29, 0.717) is 34.4 Å². The van der Waals surface area contributed by atoms with Gasteiger partial charge in [0.1, 0.15) is 11.9 Å². The van der Waals surface area contributed by atoms with Crippen LogP contribution >= 0.6 is 39.1 Å².